The zero-order valence-electron chi connectivity index (χ0n) is 24.3. The number of benzene rings is 1. The summed E-state index contributed by atoms with van der Waals surface area (Å²) >= 11 is 6.26. The molecule has 3 heterocycles. The minimum absolute atomic E-state index is 0.0204. The number of halogens is 3. The van der Waals surface area contributed by atoms with Crippen molar-refractivity contribution in [1.29, 1.82) is 0 Å². The summed E-state index contributed by atoms with van der Waals surface area (Å²) in [5, 5.41) is 12.0. The minimum Gasteiger partial charge on any atom is -0.434 e. The van der Waals surface area contributed by atoms with Crippen LogP contribution < -0.4 is 10.1 Å². The lowest BCUT2D eigenvalue weighted by molar-refractivity contribution is -0.0495. The van der Waals surface area contributed by atoms with Gasteiger partial charge in [0.2, 0.25) is 0 Å². The van der Waals surface area contributed by atoms with Crippen LogP contribution in [0.5, 0.6) is 5.75 Å². The minimum atomic E-state index is -3.07. The highest BCUT2D eigenvalue weighted by Gasteiger charge is 2.23. The number of alkyl halides is 2. The Hall–Kier alpha value is -3.58. The number of nitrogens with zero attached hydrogens (tertiary/aromatic N) is 5. The zero-order valence-corrected chi connectivity index (χ0v) is 27.1. The SMILES string of the molecule is C[Si](C)(C)C#Cc1ccc2ncc(C(=O)Nc3cnn(COCC[Si](C)(C)C)c3-c3cc(Cl)ccc3OC(F)F)n2n1. The number of imidazole rings is 1. The van der Waals surface area contributed by atoms with Crippen molar-refractivity contribution >= 4 is 45.0 Å². The van der Waals surface area contributed by atoms with E-state index in [4.69, 9.17) is 21.1 Å². The maximum Gasteiger partial charge on any atom is 0.387 e. The molecule has 42 heavy (non-hydrogen) atoms. The molecule has 14 heteroatoms. The average molecular weight is 631 g/mol. The first-order chi connectivity index (χ1) is 19.7. The lowest BCUT2D eigenvalue weighted by Gasteiger charge is -2.17. The van der Waals surface area contributed by atoms with Crippen LogP contribution in [0.4, 0.5) is 14.5 Å². The van der Waals surface area contributed by atoms with Crippen LogP contribution in [0.3, 0.4) is 0 Å². The van der Waals surface area contributed by atoms with Gasteiger partial charge in [-0.1, -0.05) is 56.8 Å². The van der Waals surface area contributed by atoms with E-state index in [1.807, 2.05) is 0 Å². The Morgan fingerprint density at radius 1 is 1.12 bits per heavy atom. The summed E-state index contributed by atoms with van der Waals surface area (Å²) in [5.41, 5.74) is 5.13. The summed E-state index contributed by atoms with van der Waals surface area (Å²) in [5.74, 6) is 2.42. The Morgan fingerprint density at radius 3 is 2.57 bits per heavy atom. The van der Waals surface area contributed by atoms with Gasteiger partial charge < -0.3 is 14.8 Å². The van der Waals surface area contributed by atoms with E-state index in [0.717, 1.165) is 6.04 Å². The predicted molar refractivity (Wildman–Crippen MR) is 165 cm³/mol. The Labute approximate surface area is 250 Å². The highest BCUT2D eigenvalue weighted by atomic mass is 35.5. The molecule has 0 unspecified atom stereocenters. The molecule has 0 spiro atoms. The molecule has 0 radical (unpaired) electrons. The van der Waals surface area contributed by atoms with E-state index >= 15 is 0 Å². The second-order valence-corrected chi connectivity index (χ2v) is 22.7. The number of carbonyl (C=O) groups excluding carboxylic acids is 1. The molecule has 3 aromatic heterocycles. The number of amides is 1. The van der Waals surface area contributed by atoms with Gasteiger partial charge in [-0.3, -0.25) is 4.79 Å². The molecule has 0 aliphatic heterocycles. The van der Waals surface area contributed by atoms with Crippen molar-refractivity contribution < 1.29 is 23.0 Å². The molecule has 1 amide bonds. The number of nitrogens with one attached hydrogen (secondary N) is 1. The molecule has 9 nitrogen and oxygen atoms in total. The highest BCUT2D eigenvalue weighted by molar-refractivity contribution is 6.83. The van der Waals surface area contributed by atoms with Crippen LogP contribution in [0.1, 0.15) is 16.2 Å². The van der Waals surface area contributed by atoms with Crippen molar-refractivity contribution in [2.75, 3.05) is 11.9 Å². The van der Waals surface area contributed by atoms with Crippen LogP contribution in [-0.4, -0.2) is 59.7 Å². The second kappa shape index (κ2) is 12.7. The molecular formula is C28H33ClF2N6O3Si2. The average Bonchev–Trinajstić information content (AvgIpc) is 3.49. The second-order valence-electron chi connectivity index (χ2n) is 11.9. The van der Waals surface area contributed by atoms with Crippen LogP contribution in [0.15, 0.2) is 42.7 Å². The van der Waals surface area contributed by atoms with Gasteiger partial charge in [0.15, 0.2) is 11.3 Å². The van der Waals surface area contributed by atoms with Crippen molar-refractivity contribution in [3.05, 3.63) is 59.1 Å². The van der Waals surface area contributed by atoms with Gasteiger partial charge in [-0.15, -0.1) is 5.54 Å². The zero-order chi connectivity index (χ0) is 30.7. The highest BCUT2D eigenvalue weighted by Crippen LogP contribution is 2.38. The molecule has 1 aromatic carbocycles. The number of aromatic nitrogens is 5. The topological polar surface area (TPSA) is 95.6 Å². The first-order valence-corrected chi connectivity index (χ1v) is 20.9. The molecule has 222 valence electrons. The van der Waals surface area contributed by atoms with Gasteiger partial charge in [0, 0.05) is 25.3 Å². The van der Waals surface area contributed by atoms with E-state index in [1.54, 1.807) is 12.1 Å². The Balaban J connectivity index is 1.71. The number of hydrogen-bond acceptors (Lipinski definition) is 6. The van der Waals surface area contributed by atoms with Crippen molar-refractivity contribution in [3.63, 3.8) is 0 Å². The summed E-state index contributed by atoms with van der Waals surface area (Å²) < 4.78 is 40.2. The summed E-state index contributed by atoms with van der Waals surface area (Å²) in [6, 6.07) is 8.68. The van der Waals surface area contributed by atoms with E-state index in [1.165, 1.54) is 39.8 Å². The molecule has 1 N–H and O–H groups in total. The monoisotopic (exact) mass is 630 g/mol. The van der Waals surface area contributed by atoms with Crippen molar-refractivity contribution in [1.82, 2.24) is 24.4 Å². The number of carbonyl (C=O) groups is 1. The van der Waals surface area contributed by atoms with Gasteiger partial charge in [0.1, 0.15) is 26.2 Å². The number of rotatable bonds is 10. The molecule has 4 rings (SSSR count). The van der Waals surface area contributed by atoms with Gasteiger partial charge in [0.05, 0.1) is 23.8 Å². The third-order valence-electron chi connectivity index (χ3n) is 5.87. The van der Waals surface area contributed by atoms with E-state index < -0.39 is 28.7 Å². The van der Waals surface area contributed by atoms with Crippen molar-refractivity contribution in [2.45, 2.75) is 58.7 Å². The maximum absolute atomic E-state index is 13.5. The molecule has 0 bridgehead atoms. The fraction of sp³-hybridized carbons (Fsp3) is 0.357. The number of fused-ring (bicyclic) bond motifs is 1. The molecule has 0 aliphatic carbocycles. The number of anilines is 1. The van der Waals surface area contributed by atoms with Crippen LogP contribution in [0, 0.1) is 11.5 Å². The summed E-state index contributed by atoms with van der Waals surface area (Å²) in [4.78, 5) is 17.8. The first-order valence-electron chi connectivity index (χ1n) is 13.3. The lowest BCUT2D eigenvalue weighted by atomic mass is 10.1. The fourth-order valence-corrected chi connectivity index (χ4v) is 5.24. The van der Waals surface area contributed by atoms with Crippen molar-refractivity contribution in [3.8, 4) is 28.5 Å². The molecule has 0 aliphatic rings. The molecule has 4 aromatic rings. The first kappa shape index (κ1) is 31.4. The van der Waals surface area contributed by atoms with Gasteiger partial charge in [-0.2, -0.15) is 19.0 Å². The summed E-state index contributed by atoms with van der Waals surface area (Å²) in [7, 11) is -2.99. The smallest absolute Gasteiger partial charge is 0.387 e. The van der Waals surface area contributed by atoms with E-state index in [9.17, 15) is 13.6 Å². The Kier molecular flexibility index (Phi) is 9.51. The number of ether oxygens (including phenoxy) is 2. The van der Waals surface area contributed by atoms with Crippen LogP contribution >= 0.6 is 11.6 Å². The normalized spacial score (nSPS) is 12.0. The predicted octanol–water partition coefficient (Wildman–Crippen LogP) is 6.64. The Bertz CT molecular complexity index is 1650. The third kappa shape index (κ3) is 8.25. The van der Waals surface area contributed by atoms with Crippen molar-refractivity contribution in [2.24, 2.45) is 0 Å². The summed E-state index contributed by atoms with van der Waals surface area (Å²) in [6.07, 6.45) is 2.82. The Morgan fingerprint density at radius 2 is 1.88 bits per heavy atom. The quantitative estimate of drug-likeness (QED) is 0.120. The van der Waals surface area contributed by atoms with Crippen LogP contribution in [0.2, 0.25) is 50.3 Å². The van der Waals surface area contributed by atoms with Gasteiger partial charge in [0.25, 0.3) is 5.91 Å². The largest absolute Gasteiger partial charge is 0.434 e. The lowest BCUT2D eigenvalue weighted by Crippen LogP contribution is -2.22. The maximum atomic E-state index is 13.5. The summed E-state index contributed by atoms with van der Waals surface area (Å²) in [6.45, 7) is 10.5. The molecular weight excluding hydrogens is 598 g/mol. The van der Waals surface area contributed by atoms with Crippen LogP contribution in [0.25, 0.3) is 16.9 Å². The fourth-order valence-electron chi connectivity index (χ4n) is 3.81. The van der Waals surface area contributed by atoms with Gasteiger partial charge in [-0.25, -0.2) is 14.2 Å². The molecule has 0 saturated carbocycles. The van der Waals surface area contributed by atoms with Crippen LogP contribution in [-0.2, 0) is 11.5 Å². The van der Waals surface area contributed by atoms with Gasteiger partial charge >= 0.3 is 6.61 Å². The molecule has 0 fully saturated rings. The molecule has 0 atom stereocenters. The molecule has 0 saturated heterocycles. The standard InChI is InChI=1S/C28H33ClF2N6O3Si2/c1-41(2,3)13-11-20-8-10-25-32-17-23(37(25)35-20)27(38)34-22-16-33-36(18-39-12-14-42(4,5)6)26(22)21-15-19(29)7-9-24(21)40-28(30)31/h7-10,15-17,28H,12,14,18H2,1-6H3,(H,34,38). The van der Waals surface area contributed by atoms with E-state index in [0.29, 0.717) is 17.9 Å². The third-order valence-corrected chi connectivity index (χ3v) is 8.69. The van der Waals surface area contributed by atoms with E-state index in [-0.39, 0.29) is 40.1 Å². The van der Waals surface area contributed by atoms with E-state index in [2.05, 4.69) is 71.2 Å². The van der Waals surface area contributed by atoms with Gasteiger partial charge in [-0.05, 0) is 36.4 Å². The number of hydrogen-bond donors (Lipinski definition) is 1.